The van der Waals surface area contributed by atoms with Gasteiger partial charge in [-0.25, -0.2) is 0 Å². The molecule has 0 saturated heterocycles. The van der Waals surface area contributed by atoms with Crippen molar-refractivity contribution in [3.05, 3.63) is 0 Å². The lowest BCUT2D eigenvalue weighted by Crippen LogP contribution is -2.73. The zero-order valence-corrected chi connectivity index (χ0v) is 7.96. The van der Waals surface area contributed by atoms with E-state index in [2.05, 4.69) is 27.7 Å². The van der Waals surface area contributed by atoms with Crippen molar-refractivity contribution in [2.75, 3.05) is 0 Å². The Bertz CT molecular complexity index is 185. The second-order valence-electron chi connectivity index (χ2n) is 5.17. The average molecular weight is 153 g/mol. The van der Waals surface area contributed by atoms with Crippen LogP contribution in [0.1, 0.15) is 27.7 Å². The molecule has 0 bridgehead atoms. The number of hydrogen-bond acceptors (Lipinski definition) is 1. The van der Waals surface area contributed by atoms with E-state index in [0.29, 0.717) is 11.5 Å². The normalized spacial score (nSPS) is 59.2. The van der Waals surface area contributed by atoms with Crippen molar-refractivity contribution in [2.45, 2.75) is 33.7 Å². The molecule has 0 aliphatic heterocycles. The van der Waals surface area contributed by atoms with Gasteiger partial charge in [0.1, 0.15) is 0 Å². The lowest BCUT2D eigenvalue weighted by molar-refractivity contribution is -0.202. The molecule has 0 aromatic carbocycles. The van der Waals surface area contributed by atoms with Crippen LogP contribution < -0.4 is 5.73 Å². The minimum atomic E-state index is 0.427. The number of rotatable bonds is 0. The molecule has 2 rings (SSSR count). The van der Waals surface area contributed by atoms with Crippen molar-refractivity contribution < 1.29 is 0 Å². The molecule has 2 N–H and O–H groups in total. The smallest absolute Gasteiger partial charge is 0.0127 e. The van der Waals surface area contributed by atoms with Crippen molar-refractivity contribution in [1.82, 2.24) is 0 Å². The van der Waals surface area contributed by atoms with Crippen LogP contribution in [0.15, 0.2) is 0 Å². The Hall–Kier alpha value is -0.0400. The predicted molar refractivity (Wildman–Crippen MR) is 47.1 cm³/mol. The molecule has 0 amide bonds. The molecular formula is C10H19N. The second kappa shape index (κ2) is 1.82. The maximum absolute atomic E-state index is 6.09. The van der Waals surface area contributed by atoms with Crippen LogP contribution in [0.5, 0.6) is 0 Å². The van der Waals surface area contributed by atoms with Crippen molar-refractivity contribution in [1.29, 1.82) is 0 Å². The summed E-state index contributed by atoms with van der Waals surface area (Å²) in [5.41, 5.74) is 6.52. The van der Waals surface area contributed by atoms with E-state index in [-0.39, 0.29) is 0 Å². The zero-order valence-electron chi connectivity index (χ0n) is 7.96. The van der Waals surface area contributed by atoms with Crippen LogP contribution in [0.3, 0.4) is 0 Å². The van der Waals surface area contributed by atoms with Gasteiger partial charge in [0.05, 0.1) is 0 Å². The SMILES string of the molecule is CC1C(C)C2C1C(N)C2(C)C. The summed E-state index contributed by atoms with van der Waals surface area (Å²) in [6, 6.07) is 0.471. The molecule has 11 heavy (non-hydrogen) atoms. The third-order valence-corrected chi connectivity index (χ3v) is 4.55. The van der Waals surface area contributed by atoms with Gasteiger partial charge in [0.25, 0.3) is 0 Å². The molecule has 2 saturated carbocycles. The van der Waals surface area contributed by atoms with E-state index >= 15 is 0 Å². The van der Waals surface area contributed by atoms with Crippen LogP contribution in [0, 0.1) is 29.1 Å². The average Bonchev–Trinajstić information content (AvgIpc) is 1.95. The van der Waals surface area contributed by atoms with Crippen LogP contribution in [0.25, 0.3) is 0 Å². The molecule has 0 aromatic rings. The molecule has 1 nitrogen and oxygen atoms in total. The molecule has 0 radical (unpaired) electrons. The van der Waals surface area contributed by atoms with Gasteiger partial charge in [-0.2, -0.15) is 0 Å². The fraction of sp³-hybridized carbons (Fsp3) is 1.00. The highest BCUT2D eigenvalue weighted by Gasteiger charge is 2.65. The summed E-state index contributed by atoms with van der Waals surface area (Å²) in [4.78, 5) is 0. The van der Waals surface area contributed by atoms with Crippen LogP contribution in [0.2, 0.25) is 0 Å². The van der Waals surface area contributed by atoms with Gasteiger partial charge in [-0.05, 0) is 29.1 Å². The predicted octanol–water partition coefficient (Wildman–Crippen LogP) is 1.87. The first-order chi connectivity index (χ1) is 4.98. The molecule has 0 heterocycles. The van der Waals surface area contributed by atoms with Gasteiger partial charge >= 0.3 is 0 Å². The van der Waals surface area contributed by atoms with Crippen LogP contribution in [-0.4, -0.2) is 6.04 Å². The quantitative estimate of drug-likeness (QED) is 0.565. The van der Waals surface area contributed by atoms with Crippen LogP contribution in [0.4, 0.5) is 0 Å². The molecule has 64 valence electrons. The zero-order chi connectivity index (χ0) is 8.39. The highest BCUT2D eigenvalue weighted by atomic mass is 14.9. The minimum absolute atomic E-state index is 0.427. The Morgan fingerprint density at radius 1 is 1.09 bits per heavy atom. The largest absolute Gasteiger partial charge is 0.327 e. The van der Waals surface area contributed by atoms with Crippen LogP contribution >= 0.6 is 0 Å². The van der Waals surface area contributed by atoms with Gasteiger partial charge in [0, 0.05) is 6.04 Å². The van der Waals surface area contributed by atoms with E-state index in [1.54, 1.807) is 0 Å². The molecule has 1 heteroatoms. The van der Waals surface area contributed by atoms with E-state index in [1.165, 1.54) is 0 Å². The summed E-state index contributed by atoms with van der Waals surface area (Å²) < 4.78 is 0. The topological polar surface area (TPSA) is 26.0 Å². The van der Waals surface area contributed by atoms with Crippen molar-refractivity contribution in [2.24, 2.45) is 34.8 Å². The summed E-state index contributed by atoms with van der Waals surface area (Å²) in [7, 11) is 0. The lowest BCUT2D eigenvalue weighted by Gasteiger charge is -2.70. The van der Waals surface area contributed by atoms with Gasteiger partial charge in [-0.1, -0.05) is 27.7 Å². The van der Waals surface area contributed by atoms with Crippen LogP contribution in [-0.2, 0) is 0 Å². The van der Waals surface area contributed by atoms with E-state index in [1.807, 2.05) is 0 Å². The summed E-state index contributed by atoms with van der Waals surface area (Å²) in [5, 5.41) is 0. The monoisotopic (exact) mass is 153 g/mol. The highest BCUT2D eigenvalue weighted by Crippen LogP contribution is 2.66. The fourth-order valence-electron chi connectivity index (χ4n) is 3.53. The van der Waals surface area contributed by atoms with E-state index < -0.39 is 0 Å². The van der Waals surface area contributed by atoms with E-state index in [0.717, 1.165) is 23.7 Å². The molecule has 2 aliphatic rings. The Morgan fingerprint density at radius 2 is 1.64 bits per heavy atom. The molecule has 2 aliphatic carbocycles. The van der Waals surface area contributed by atoms with E-state index in [4.69, 9.17) is 5.73 Å². The van der Waals surface area contributed by atoms with Gasteiger partial charge in [0.15, 0.2) is 0 Å². The Kier molecular flexibility index (Phi) is 1.26. The third-order valence-electron chi connectivity index (χ3n) is 4.55. The standard InChI is InChI=1S/C10H19N/c1-5-6(2)8-7(5)9(11)10(8,3)4/h5-9H,11H2,1-4H3. The van der Waals surface area contributed by atoms with Gasteiger partial charge in [-0.3, -0.25) is 0 Å². The van der Waals surface area contributed by atoms with Gasteiger partial charge in [-0.15, -0.1) is 0 Å². The maximum Gasteiger partial charge on any atom is 0.0127 e. The Labute approximate surface area is 69.4 Å². The minimum Gasteiger partial charge on any atom is -0.327 e. The maximum atomic E-state index is 6.09. The van der Waals surface area contributed by atoms with Crippen molar-refractivity contribution in [3.8, 4) is 0 Å². The first kappa shape index (κ1) is 7.60. The third kappa shape index (κ3) is 0.618. The van der Waals surface area contributed by atoms with Crippen molar-refractivity contribution in [3.63, 3.8) is 0 Å². The molecule has 2 fully saturated rings. The summed E-state index contributed by atoms with van der Waals surface area (Å²) in [6.45, 7) is 9.36. The molecule has 5 atom stereocenters. The number of fused-ring (bicyclic) bond motifs is 1. The summed E-state index contributed by atoms with van der Waals surface area (Å²) in [6.07, 6.45) is 0. The van der Waals surface area contributed by atoms with Gasteiger partial charge in [0.2, 0.25) is 0 Å². The highest BCUT2D eigenvalue weighted by molar-refractivity contribution is 5.16. The molecule has 0 spiro atoms. The van der Waals surface area contributed by atoms with Gasteiger partial charge < -0.3 is 5.73 Å². The molecule has 0 aromatic heterocycles. The fourth-order valence-corrected chi connectivity index (χ4v) is 3.53. The summed E-state index contributed by atoms with van der Waals surface area (Å²) in [5.74, 6) is 3.56. The van der Waals surface area contributed by atoms with Crippen molar-refractivity contribution >= 4 is 0 Å². The number of nitrogens with two attached hydrogens (primary N) is 1. The molecule has 5 unspecified atom stereocenters. The second-order valence-corrected chi connectivity index (χ2v) is 5.17. The number of hydrogen-bond donors (Lipinski definition) is 1. The first-order valence-corrected chi connectivity index (χ1v) is 4.73. The molecular weight excluding hydrogens is 134 g/mol. The lowest BCUT2D eigenvalue weighted by atomic mass is 9.36. The Morgan fingerprint density at radius 3 is 2.09 bits per heavy atom. The summed E-state index contributed by atoms with van der Waals surface area (Å²) >= 11 is 0. The first-order valence-electron chi connectivity index (χ1n) is 4.73. The Balaban J connectivity index is 2.15. The van der Waals surface area contributed by atoms with E-state index in [9.17, 15) is 0 Å².